The lowest BCUT2D eigenvalue weighted by atomic mass is 9.97. The van der Waals surface area contributed by atoms with Crippen molar-refractivity contribution < 1.29 is 0 Å². The minimum absolute atomic E-state index is 0.325. The molecule has 1 unspecified atom stereocenters. The number of nitrogens with zero attached hydrogens (tertiary/aromatic N) is 1. The van der Waals surface area contributed by atoms with Crippen LogP contribution < -0.4 is 5.73 Å². The number of hydrogen-bond donors (Lipinski definition) is 1. The Morgan fingerprint density at radius 1 is 1.00 bits per heavy atom. The van der Waals surface area contributed by atoms with Gasteiger partial charge in [0, 0.05) is 18.6 Å². The van der Waals surface area contributed by atoms with Crippen molar-refractivity contribution in [2.24, 2.45) is 5.73 Å². The highest BCUT2D eigenvalue weighted by Gasteiger charge is 2.20. The molecule has 0 heterocycles. The van der Waals surface area contributed by atoms with E-state index >= 15 is 0 Å². The fraction of sp³-hybridized carbons (Fsp3) is 0.647. The van der Waals surface area contributed by atoms with Crippen LogP contribution in [0.4, 0.5) is 0 Å². The zero-order chi connectivity index (χ0) is 14.4. The molecule has 0 aliphatic carbocycles. The van der Waals surface area contributed by atoms with Crippen LogP contribution in [0.2, 0.25) is 0 Å². The molecule has 0 aliphatic heterocycles. The maximum atomic E-state index is 6.01. The number of likely N-dealkylation sites (N-methyl/N-ethyl adjacent to an activating group) is 1. The third-order valence-electron chi connectivity index (χ3n) is 4.22. The highest BCUT2D eigenvalue weighted by atomic mass is 15.2. The first kappa shape index (κ1) is 16.2. The summed E-state index contributed by atoms with van der Waals surface area (Å²) in [6.45, 7) is 9.63. The molecule has 1 aromatic carbocycles. The lowest BCUT2D eigenvalue weighted by Crippen LogP contribution is -2.38. The van der Waals surface area contributed by atoms with Crippen LogP contribution in [0.5, 0.6) is 0 Å². The van der Waals surface area contributed by atoms with Gasteiger partial charge in [0.1, 0.15) is 0 Å². The molecule has 0 aromatic heterocycles. The van der Waals surface area contributed by atoms with Crippen LogP contribution in [0.15, 0.2) is 24.3 Å². The maximum absolute atomic E-state index is 6.01. The van der Waals surface area contributed by atoms with E-state index in [1.807, 2.05) is 0 Å². The van der Waals surface area contributed by atoms with Crippen molar-refractivity contribution in [1.82, 2.24) is 4.90 Å². The van der Waals surface area contributed by atoms with Gasteiger partial charge in [-0.25, -0.2) is 0 Å². The van der Waals surface area contributed by atoms with Crippen LogP contribution in [0.3, 0.4) is 0 Å². The zero-order valence-corrected chi connectivity index (χ0v) is 13.2. The monoisotopic (exact) mass is 262 g/mol. The van der Waals surface area contributed by atoms with Gasteiger partial charge in [0.05, 0.1) is 0 Å². The van der Waals surface area contributed by atoms with Gasteiger partial charge < -0.3 is 5.73 Å². The Kier molecular flexibility index (Phi) is 6.53. The van der Waals surface area contributed by atoms with Gasteiger partial charge in [-0.1, -0.05) is 52.0 Å². The van der Waals surface area contributed by atoms with E-state index in [1.54, 1.807) is 0 Å². The van der Waals surface area contributed by atoms with Crippen LogP contribution in [0.25, 0.3) is 0 Å². The second kappa shape index (κ2) is 7.66. The minimum atomic E-state index is 0.325. The lowest BCUT2D eigenvalue weighted by Gasteiger charge is -2.34. The van der Waals surface area contributed by atoms with Crippen molar-refractivity contribution in [1.29, 1.82) is 0 Å². The first-order valence-corrected chi connectivity index (χ1v) is 7.56. The quantitative estimate of drug-likeness (QED) is 0.806. The molecule has 0 saturated carbocycles. The predicted octanol–water partition coefficient (Wildman–Crippen LogP) is 3.93. The molecule has 1 aromatic rings. The van der Waals surface area contributed by atoms with Gasteiger partial charge in [0.25, 0.3) is 0 Å². The van der Waals surface area contributed by atoms with E-state index in [0.717, 1.165) is 0 Å². The summed E-state index contributed by atoms with van der Waals surface area (Å²) in [7, 11) is 2.20. The second-order valence-corrected chi connectivity index (χ2v) is 5.71. The molecule has 0 bridgehead atoms. The topological polar surface area (TPSA) is 29.3 Å². The van der Waals surface area contributed by atoms with E-state index in [0.29, 0.717) is 24.5 Å². The Morgan fingerprint density at radius 2 is 1.47 bits per heavy atom. The number of nitrogens with two attached hydrogens (primary N) is 1. The molecule has 1 rings (SSSR count). The van der Waals surface area contributed by atoms with Crippen molar-refractivity contribution >= 4 is 0 Å². The van der Waals surface area contributed by atoms with Crippen molar-refractivity contribution in [3.05, 3.63) is 35.4 Å². The molecule has 0 saturated heterocycles. The van der Waals surface area contributed by atoms with Crippen LogP contribution in [0, 0.1) is 0 Å². The summed E-state index contributed by atoms with van der Waals surface area (Å²) in [5.74, 6) is 0.585. The third-order valence-corrected chi connectivity index (χ3v) is 4.22. The zero-order valence-electron chi connectivity index (χ0n) is 13.2. The van der Waals surface area contributed by atoms with E-state index in [9.17, 15) is 0 Å². The highest BCUT2D eigenvalue weighted by molar-refractivity contribution is 5.27. The van der Waals surface area contributed by atoms with E-state index < -0.39 is 0 Å². The van der Waals surface area contributed by atoms with Gasteiger partial charge in [-0.2, -0.15) is 0 Å². The Bertz CT molecular complexity index is 352. The van der Waals surface area contributed by atoms with Crippen LogP contribution in [-0.4, -0.2) is 24.5 Å². The number of hydrogen-bond acceptors (Lipinski definition) is 2. The van der Waals surface area contributed by atoms with Crippen molar-refractivity contribution in [3.63, 3.8) is 0 Å². The summed E-state index contributed by atoms with van der Waals surface area (Å²) >= 11 is 0. The van der Waals surface area contributed by atoms with E-state index in [4.69, 9.17) is 5.73 Å². The molecule has 0 fully saturated rings. The molecule has 2 heteroatoms. The van der Waals surface area contributed by atoms with Gasteiger partial charge in [-0.3, -0.25) is 4.90 Å². The Hall–Kier alpha value is -0.860. The average molecular weight is 262 g/mol. The van der Waals surface area contributed by atoms with Crippen molar-refractivity contribution in [2.75, 3.05) is 13.6 Å². The van der Waals surface area contributed by atoms with E-state index in [-0.39, 0.29) is 0 Å². The summed E-state index contributed by atoms with van der Waals surface area (Å²) in [5.41, 5.74) is 8.74. The fourth-order valence-electron chi connectivity index (χ4n) is 2.76. The molecular formula is C17H30N2. The SMILES string of the molecule is CCC(CC)N(C)C(CN)c1ccc(C(C)C)cc1. The van der Waals surface area contributed by atoms with E-state index in [2.05, 4.69) is 63.9 Å². The third kappa shape index (κ3) is 4.05. The maximum Gasteiger partial charge on any atom is 0.0470 e. The van der Waals surface area contributed by atoms with Gasteiger partial charge >= 0.3 is 0 Å². The van der Waals surface area contributed by atoms with Crippen molar-refractivity contribution in [3.8, 4) is 0 Å². The van der Waals surface area contributed by atoms with E-state index in [1.165, 1.54) is 24.0 Å². The Balaban J connectivity index is 2.90. The summed E-state index contributed by atoms with van der Waals surface area (Å²) in [5, 5.41) is 0. The summed E-state index contributed by atoms with van der Waals surface area (Å²) < 4.78 is 0. The predicted molar refractivity (Wildman–Crippen MR) is 84.5 cm³/mol. The van der Waals surface area contributed by atoms with Crippen molar-refractivity contribution in [2.45, 2.75) is 58.5 Å². The highest BCUT2D eigenvalue weighted by Crippen LogP contribution is 2.24. The molecule has 1 atom stereocenters. The van der Waals surface area contributed by atoms with Crippen LogP contribution >= 0.6 is 0 Å². The minimum Gasteiger partial charge on any atom is -0.329 e. The molecule has 0 spiro atoms. The first-order valence-electron chi connectivity index (χ1n) is 7.56. The fourth-order valence-corrected chi connectivity index (χ4v) is 2.76. The number of benzene rings is 1. The molecule has 0 radical (unpaired) electrons. The van der Waals surface area contributed by atoms with Gasteiger partial charge in [-0.05, 0) is 36.9 Å². The second-order valence-electron chi connectivity index (χ2n) is 5.71. The van der Waals surface area contributed by atoms with Crippen LogP contribution in [0.1, 0.15) is 63.6 Å². The first-order chi connectivity index (χ1) is 9.04. The van der Waals surface area contributed by atoms with Gasteiger partial charge in [-0.15, -0.1) is 0 Å². The number of rotatable bonds is 7. The average Bonchev–Trinajstić information content (AvgIpc) is 2.41. The molecule has 108 valence electrons. The molecule has 19 heavy (non-hydrogen) atoms. The largest absolute Gasteiger partial charge is 0.329 e. The lowest BCUT2D eigenvalue weighted by molar-refractivity contribution is 0.168. The Morgan fingerprint density at radius 3 is 1.84 bits per heavy atom. The summed E-state index contributed by atoms with van der Waals surface area (Å²) in [4.78, 5) is 2.43. The van der Waals surface area contributed by atoms with Crippen LogP contribution in [-0.2, 0) is 0 Å². The normalized spacial score (nSPS) is 13.5. The summed E-state index contributed by atoms with van der Waals surface area (Å²) in [6, 6.07) is 9.90. The van der Waals surface area contributed by atoms with Gasteiger partial charge in [0.2, 0.25) is 0 Å². The molecular weight excluding hydrogens is 232 g/mol. The smallest absolute Gasteiger partial charge is 0.0470 e. The summed E-state index contributed by atoms with van der Waals surface area (Å²) in [6.07, 6.45) is 2.35. The molecule has 0 amide bonds. The molecule has 2 nitrogen and oxygen atoms in total. The Labute approximate surface area is 119 Å². The standard InChI is InChI=1S/C17H30N2/c1-6-16(7-2)19(5)17(12-18)15-10-8-14(9-11-15)13(3)4/h8-11,13,16-17H,6-7,12,18H2,1-5H3. The molecule has 0 aliphatic rings. The molecule has 2 N–H and O–H groups in total. The van der Waals surface area contributed by atoms with Gasteiger partial charge in [0.15, 0.2) is 0 Å².